The number of amides is 2. The number of fused-ring (bicyclic) bond motifs is 1. The first-order chi connectivity index (χ1) is 16.0. The number of rotatable bonds is 8. The fraction of sp³-hybridized carbons (Fsp3) is 0.160. The molecule has 0 bridgehead atoms. The summed E-state index contributed by atoms with van der Waals surface area (Å²) in [5.41, 5.74) is 0.840. The number of ether oxygens (including phenoxy) is 3. The van der Waals surface area contributed by atoms with E-state index in [4.69, 9.17) is 14.2 Å². The van der Waals surface area contributed by atoms with Crippen LogP contribution in [0.3, 0.4) is 0 Å². The maximum absolute atomic E-state index is 13.5. The standard InChI is InChI=1S/C25H20FNO6/c1-2-31-18-10-8-17(9-11-18)27-23(28)19-12-7-16(15-20(19)24(27)29)25(30)33-14-13-32-22-6-4-3-5-21(22)26/h3-12,15H,2,13-14H2,1H3. The van der Waals surface area contributed by atoms with Gasteiger partial charge in [0.1, 0.15) is 19.0 Å². The van der Waals surface area contributed by atoms with Crippen LogP contribution in [0.1, 0.15) is 38.0 Å². The molecule has 0 aromatic heterocycles. The predicted molar refractivity (Wildman–Crippen MR) is 117 cm³/mol. The molecule has 0 unspecified atom stereocenters. The summed E-state index contributed by atoms with van der Waals surface area (Å²) >= 11 is 0. The molecule has 1 aliphatic rings. The van der Waals surface area contributed by atoms with Crippen LogP contribution in [-0.4, -0.2) is 37.6 Å². The van der Waals surface area contributed by atoms with Crippen LogP contribution >= 0.6 is 0 Å². The number of para-hydroxylation sites is 1. The van der Waals surface area contributed by atoms with Crippen molar-refractivity contribution < 1.29 is 33.0 Å². The summed E-state index contributed by atoms with van der Waals surface area (Å²) in [6.45, 7) is 2.20. The van der Waals surface area contributed by atoms with E-state index in [9.17, 15) is 18.8 Å². The largest absolute Gasteiger partial charge is 0.494 e. The summed E-state index contributed by atoms with van der Waals surface area (Å²) in [7, 11) is 0. The summed E-state index contributed by atoms with van der Waals surface area (Å²) in [6, 6.07) is 16.7. The third-order valence-corrected chi connectivity index (χ3v) is 4.94. The van der Waals surface area contributed by atoms with Gasteiger partial charge in [0.05, 0.1) is 29.0 Å². The molecule has 1 heterocycles. The van der Waals surface area contributed by atoms with E-state index in [-0.39, 0.29) is 35.7 Å². The fourth-order valence-electron chi connectivity index (χ4n) is 3.39. The Labute approximate surface area is 189 Å². The Kier molecular flexibility index (Phi) is 6.35. The lowest BCUT2D eigenvalue weighted by molar-refractivity contribution is 0.0448. The van der Waals surface area contributed by atoms with Crippen molar-refractivity contribution in [2.24, 2.45) is 0 Å². The van der Waals surface area contributed by atoms with Gasteiger partial charge in [-0.1, -0.05) is 12.1 Å². The molecule has 4 rings (SSSR count). The Morgan fingerprint density at radius 3 is 2.33 bits per heavy atom. The number of hydrogen-bond acceptors (Lipinski definition) is 6. The van der Waals surface area contributed by atoms with Gasteiger partial charge in [0.2, 0.25) is 0 Å². The molecule has 8 heteroatoms. The molecule has 7 nitrogen and oxygen atoms in total. The first kappa shape index (κ1) is 22.0. The van der Waals surface area contributed by atoms with Crippen LogP contribution in [0.2, 0.25) is 0 Å². The van der Waals surface area contributed by atoms with Gasteiger partial charge in [-0.25, -0.2) is 14.1 Å². The Balaban J connectivity index is 1.41. The molecule has 3 aromatic rings. The molecular weight excluding hydrogens is 429 g/mol. The van der Waals surface area contributed by atoms with Crippen LogP contribution in [0, 0.1) is 5.82 Å². The molecule has 1 aliphatic heterocycles. The van der Waals surface area contributed by atoms with Gasteiger partial charge in [0, 0.05) is 0 Å². The van der Waals surface area contributed by atoms with Crippen molar-refractivity contribution in [1.29, 1.82) is 0 Å². The van der Waals surface area contributed by atoms with Crippen molar-refractivity contribution in [3.05, 3.63) is 89.2 Å². The SMILES string of the molecule is CCOc1ccc(N2C(=O)c3ccc(C(=O)OCCOc4ccccc4F)cc3C2=O)cc1. The van der Waals surface area contributed by atoms with Crippen molar-refractivity contribution in [3.63, 3.8) is 0 Å². The minimum Gasteiger partial charge on any atom is -0.494 e. The van der Waals surface area contributed by atoms with Crippen LogP contribution < -0.4 is 14.4 Å². The van der Waals surface area contributed by atoms with Gasteiger partial charge in [-0.2, -0.15) is 0 Å². The van der Waals surface area contributed by atoms with Crippen molar-refractivity contribution in [3.8, 4) is 11.5 Å². The summed E-state index contributed by atoms with van der Waals surface area (Å²) in [5.74, 6) is -1.52. The molecule has 0 fully saturated rings. The summed E-state index contributed by atoms with van der Waals surface area (Å²) < 4.78 is 29.3. The van der Waals surface area contributed by atoms with Crippen LogP contribution in [0.25, 0.3) is 0 Å². The Morgan fingerprint density at radius 2 is 1.61 bits per heavy atom. The van der Waals surface area contributed by atoms with E-state index in [2.05, 4.69) is 0 Å². The number of halogens is 1. The van der Waals surface area contributed by atoms with Crippen LogP contribution in [0.5, 0.6) is 11.5 Å². The zero-order valence-corrected chi connectivity index (χ0v) is 17.7. The highest BCUT2D eigenvalue weighted by molar-refractivity contribution is 6.34. The Hall–Kier alpha value is -4.20. The molecule has 168 valence electrons. The van der Waals surface area contributed by atoms with Gasteiger partial charge in [-0.15, -0.1) is 0 Å². The lowest BCUT2D eigenvalue weighted by atomic mass is 10.1. The maximum Gasteiger partial charge on any atom is 0.338 e. The van der Waals surface area contributed by atoms with Gasteiger partial charge < -0.3 is 14.2 Å². The molecule has 0 atom stereocenters. The smallest absolute Gasteiger partial charge is 0.338 e. The number of hydrogen-bond donors (Lipinski definition) is 0. The van der Waals surface area contributed by atoms with Crippen LogP contribution in [0.4, 0.5) is 10.1 Å². The average molecular weight is 449 g/mol. The highest BCUT2D eigenvalue weighted by Crippen LogP contribution is 2.30. The lowest BCUT2D eigenvalue weighted by Crippen LogP contribution is -2.29. The summed E-state index contributed by atoms with van der Waals surface area (Å²) in [4.78, 5) is 39.1. The minimum atomic E-state index is -0.685. The monoisotopic (exact) mass is 449 g/mol. The molecule has 3 aromatic carbocycles. The molecular formula is C25H20FNO6. The van der Waals surface area contributed by atoms with E-state index in [0.717, 1.165) is 4.90 Å². The van der Waals surface area contributed by atoms with Crippen molar-refractivity contribution in [2.75, 3.05) is 24.7 Å². The molecule has 0 saturated heterocycles. The average Bonchev–Trinajstić information content (AvgIpc) is 3.08. The number of anilines is 1. The number of carbonyl (C=O) groups excluding carboxylic acids is 3. The number of imide groups is 1. The zero-order chi connectivity index (χ0) is 23.4. The van der Waals surface area contributed by atoms with E-state index in [1.807, 2.05) is 6.92 Å². The maximum atomic E-state index is 13.5. The molecule has 0 radical (unpaired) electrons. The van der Waals surface area contributed by atoms with Crippen molar-refractivity contribution in [2.45, 2.75) is 6.92 Å². The van der Waals surface area contributed by atoms with Crippen LogP contribution in [0.15, 0.2) is 66.7 Å². The van der Waals surface area contributed by atoms with Crippen LogP contribution in [-0.2, 0) is 4.74 Å². The van der Waals surface area contributed by atoms with Crippen molar-refractivity contribution in [1.82, 2.24) is 0 Å². The second-order valence-electron chi connectivity index (χ2n) is 7.05. The quantitative estimate of drug-likeness (QED) is 0.290. The number of carbonyl (C=O) groups is 3. The first-order valence-corrected chi connectivity index (χ1v) is 10.3. The van der Waals surface area contributed by atoms with Gasteiger partial charge in [0.25, 0.3) is 11.8 Å². The molecule has 0 aliphatic carbocycles. The zero-order valence-electron chi connectivity index (χ0n) is 17.7. The van der Waals surface area contributed by atoms with Gasteiger partial charge in [-0.05, 0) is 61.5 Å². The van der Waals surface area contributed by atoms with Crippen molar-refractivity contribution >= 4 is 23.5 Å². The normalized spacial score (nSPS) is 12.5. The third kappa shape index (κ3) is 4.55. The van der Waals surface area contributed by atoms with Gasteiger partial charge in [-0.3, -0.25) is 9.59 Å². The molecule has 33 heavy (non-hydrogen) atoms. The fourth-order valence-corrected chi connectivity index (χ4v) is 3.39. The number of nitrogens with zero attached hydrogens (tertiary/aromatic N) is 1. The summed E-state index contributed by atoms with van der Waals surface area (Å²) in [6.07, 6.45) is 0. The van der Waals surface area contributed by atoms with E-state index in [1.54, 1.807) is 36.4 Å². The third-order valence-electron chi connectivity index (χ3n) is 4.94. The predicted octanol–water partition coefficient (Wildman–Crippen LogP) is 4.26. The highest BCUT2D eigenvalue weighted by atomic mass is 19.1. The van der Waals surface area contributed by atoms with E-state index < -0.39 is 23.6 Å². The van der Waals surface area contributed by atoms with E-state index in [1.165, 1.54) is 30.3 Å². The number of esters is 1. The number of benzene rings is 3. The highest BCUT2D eigenvalue weighted by Gasteiger charge is 2.37. The lowest BCUT2D eigenvalue weighted by Gasteiger charge is -2.14. The molecule has 0 saturated carbocycles. The first-order valence-electron chi connectivity index (χ1n) is 10.3. The van der Waals surface area contributed by atoms with E-state index >= 15 is 0 Å². The second kappa shape index (κ2) is 9.52. The second-order valence-corrected chi connectivity index (χ2v) is 7.05. The van der Waals surface area contributed by atoms with Gasteiger partial charge >= 0.3 is 5.97 Å². The molecule has 2 amide bonds. The molecule has 0 N–H and O–H groups in total. The van der Waals surface area contributed by atoms with E-state index in [0.29, 0.717) is 18.0 Å². The Morgan fingerprint density at radius 1 is 0.879 bits per heavy atom. The topological polar surface area (TPSA) is 82.1 Å². The van der Waals surface area contributed by atoms with Gasteiger partial charge in [0.15, 0.2) is 11.6 Å². The summed E-state index contributed by atoms with van der Waals surface area (Å²) in [5, 5.41) is 0. The molecule has 0 spiro atoms. The minimum absolute atomic E-state index is 0.0411. The Bertz CT molecular complexity index is 1210.